The van der Waals surface area contributed by atoms with Gasteiger partial charge in [0, 0.05) is 5.69 Å². The summed E-state index contributed by atoms with van der Waals surface area (Å²) in [5.41, 5.74) is 6.69. The van der Waals surface area contributed by atoms with E-state index in [0.29, 0.717) is 28.6 Å². The zero-order valence-corrected chi connectivity index (χ0v) is 19.4. The molecule has 32 heavy (non-hydrogen) atoms. The second kappa shape index (κ2) is 10.2. The van der Waals surface area contributed by atoms with Gasteiger partial charge in [0.05, 0.1) is 5.02 Å². The highest BCUT2D eigenvalue weighted by molar-refractivity contribution is 6.32. The van der Waals surface area contributed by atoms with Crippen molar-refractivity contribution < 1.29 is 9.53 Å². The van der Waals surface area contributed by atoms with Crippen molar-refractivity contribution in [2.45, 2.75) is 34.3 Å². The lowest BCUT2D eigenvalue weighted by Crippen LogP contribution is -2.14. The molecule has 0 saturated carbocycles. The first-order valence-corrected chi connectivity index (χ1v) is 10.6. The van der Waals surface area contributed by atoms with Crippen LogP contribution in [0.25, 0.3) is 6.08 Å². The molecule has 3 rings (SSSR count). The summed E-state index contributed by atoms with van der Waals surface area (Å²) in [5, 5.41) is 12.7. The van der Waals surface area contributed by atoms with Crippen molar-refractivity contribution in [2.75, 3.05) is 5.32 Å². The zero-order chi connectivity index (χ0) is 23.3. The van der Waals surface area contributed by atoms with Gasteiger partial charge in [-0.1, -0.05) is 59.1 Å². The number of benzene rings is 3. The summed E-state index contributed by atoms with van der Waals surface area (Å²) in [4.78, 5) is 12.6. The number of rotatable bonds is 6. The molecule has 0 radical (unpaired) electrons. The second-order valence-corrected chi connectivity index (χ2v) is 8.32. The van der Waals surface area contributed by atoms with Crippen LogP contribution in [0.1, 0.15) is 33.4 Å². The van der Waals surface area contributed by atoms with Gasteiger partial charge in [0.2, 0.25) is 0 Å². The van der Waals surface area contributed by atoms with Gasteiger partial charge in [-0.05, 0) is 74.2 Å². The van der Waals surface area contributed by atoms with Gasteiger partial charge in [-0.25, -0.2) is 0 Å². The number of nitriles is 1. The highest BCUT2D eigenvalue weighted by atomic mass is 35.5. The molecule has 0 aromatic heterocycles. The summed E-state index contributed by atoms with van der Waals surface area (Å²) in [6.45, 7) is 8.35. The molecule has 1 amide bonds. The van der Waals surface area contributed by atoms with Crippen LogP contribution in [-0.2, 0) is 11.4 Å². The number of carbonyl (C=O) groups excluding carboxylic acids is 1. The molecular formula is C27H25ClN2O2. The summed E-state index contributed by atoms with van der Waals surface area (Å²) in [7, 11) is 0. The first kappa shape index (κ1) is 23.1. The van der Waals surface area contributed by atoms with E-state index in [0.717, 1.165) is 16.7 Å². The van der Waals surface area contributed by atoms with E-state index in [2.05, 4.69) is 23.5 Å². The summed E-state index contributed by atoms with van der Waals surface area (Å²) in [5.74, 6) is 0.0776. The van der Waals surface area contributed by atoms with E-state index in [4.69, 9.17) is 16.3 Å². The van der Waals surface area contributed by atoms with E-state index in [1.165, 1.54) is 17.2 Å². The van der Waals surface area contributed by atoms with Crippen LogP contribution in [0.15, 0.2) is 60.2 Å². The largest absolute Gasteiger partial charge is 0.487 e. The quantitative estimate of drug-likeness (QED) is 0.340. The molecule has 0 spiro atoms. The molecule has 0 unspecified atom stereocenters. The average molecular weight is 445 g/mol. The number of hydrogen-bond donors (Lipinski definition) is 1. The molecule has 5 heteroatoms. The maximum Gasteiger partial charge on any atom is 0.266 e. The Morgan fingerprint density at radius 1 is 1.00 bits per heavy atom. The number of anilines is 1. The third-order valence-electron chi connectivity index (χ3n) is 4.95. The Balaban J connectivity index is 1.74. The average Bonchev–Trinajstić information content (AvgIpc) is 2.73. The summed E-state index contributed by atoms with van der Waals surface area (Å²) >= 11 is 6.39. The molecule has 0 bridgehead atoms. The number of hydrogen-bond acceptors (Lipinski definition) is 3. The van der Waals surface area contributed by atoms with Gasteiger partial charge in [-0.3, -0.25) is 4.79 Å². The van der Waals surface area contributed by atoms with Gasteiger partial charge in [0.1, 0.15) is 24.0 Å². The maximum atomic E-state index is 12.6. The van der Waals surface area contributed by atoms with E-state index in [1.54, 1.807) is 18.2 Å². The van der Waals surface area contributed by atoms with Crippen molar-refractivity contribution in [2.24, 2.45) is 0 Å². The second-order valence-electron chi connectivity index (χ2n) is 7.92. The summed E-state index contributed by atoms with van der Waals surface area (Å²) in [6, 6.07) is 19.2. The lowest BCUT2D eigenvalue weighted by Gasteiger charge is -2.11. The van der Waals surface area contributed by atoms with Crippen molar-refractivity contribution in [3.05, 3.63) is 98.6 Å². The van der Waals surface area contributed by atoms with Crippen LogP contribution in [-0.4, -0.2) is 5.91 Å². The van der Waals surface area contributed by atoms with E-state index in [-0.39, 0.29) is 5.57 Å². The number of ether oxygens (including phenoxy) is 1. The lowest BCUT2D eigenvalue weighted by molar-refractivity contribution is -0.112. The molecule has 0 atom stereocenters. The molecule has 0 heterocycles. The topological polar surface area (TPSA) is 62.1 Å². The predicted octanol–water partition coefficient (Wildman–Crippen LogP) is 6.70. The Hall–Kier alpha value is -3.55. The van der Waals surface area contributed by atoms with Gasteiger partial charge in [0.15, 0.2) is 0 Å². The van der Waals surface area contributed by atoms with Crippen LogP contribution in [0.2, 0.25) is 5.02 Å². The fourth-order valence-corrected chi connectivity index (χ4v) is 3.66. The van der Waals surface area contributed by atoms with E-state index >= 15 is 0 Å². The first-order valence-electron chi connectivity index (χ1n) is 10.2. The Morgan fingerprint density at radius 3 is 2.38 bits per heavy atom. The van der Waals surface area contributed by atoms with Crippen LogP contribution in [0.3, 0.4) is 0 Å². The molecule has 0 aliphatic rings. The molecule has 4 nitrogen and oxygen atoms in total. The standard InChI is InChI=1S/C27H25ClN2O2/c1-17-5-6-20(4)25(12-17)30-27(31)23(15-29)13-21-7-8-26(24(28)14-21)32-16-22-10-18(2)9-19(3)11-22/h5-14H,16H2,1-4H3,(H,30,31)/b23-13+. The third kappa shape index (κ3) is 6.00. The van der Waals surface area contributed by atoms with Crippen molar-refractivity contribution in [3.63, 3.8) is 0 Å². The van der Waals surface area contributed by atoms with Crippen molar-refractivity contribution >= 4 is 29.3 Å². The highest BCUT2D eigenvalue weighted by Gasteiger charge is 2.12. The predicted molar refractivity (Wildman–Crippen MR) is 130 cm³/mol. The van der Waals surface area contributed by atoms with Crippen molar-refractivity contribution in [1.82, 2.24) is 0 Å². The highest BCUT2D eigenvalue weighted by Crippen LogP contribution is 2.28. The number of carbonyl (C=O) groups is 1. The molecule has 3 aromatic carbocycles. The van der Waals surface area contributed by atoms with E-state index in [9.17, 15) is 10.1 Å². The molecule has 3 aromatic rings. The number of aryl methyl sites for hydroxylation is 4. The summed E-state index contributed by atoms with van der Waals surface area (Å²) < 4.78 is 5.87. The van der Waals surface area contributed by atoms with Gasteiger partial charge < -0.3 is 10.1 Å². The first-order chi connectivity index (χ1) is 15.2. The number of amides is 1. The Bertz CT molecular complexity index is 1220. The Morgan fingerprint density at radius 2 is 1.72 bits per heavy atom. The monoisotopic (exact) mass is 444 g/mol. The van der Waals surface area contributed by atoms with E-state index in [1.807, 2.05) is 52.0 Å². The minimum atomic E-state index is -0.465. The fraction of sp³-hybridized carbons (Fsp3) is 0.185. The smallest absolute Gasteiger partial charge is 0.266 e. The summed E-state index contributed by atoms with van der Waals surface area (Å²) in [6.07, 6.45) is 1.51. The van der Waals surface area contributed by atoms with Gasteiger partial charge >= 0.3 is 0 Å². The normalized spacial score (nSPS) is 11.1. The van der Waals surface area contributed by atoms with Crippen molar-refractivity contribution in [3.8, 4) is 11.8 Å². The zero-order valence-electron chi connectivity index (χ0n) is 18.6. The lowest BCUT2D eigenvalue weighted by atomic mass is 10.1. The Kier molecular flexibility index (Phi) is 7.35. The molecular weight excluding hydrogens is 420 g/mol. The molecule has 0 saturated heterocycles. The van der Waals surface area contributed by atoms with Crippen LogP contribution in [0, 0.1) is 39.0 Å². The third-order valence-corrected chi connectivity index (χ3v) is 5.24. The number of nitrogens with zero attached hydrogens (tertiary/aromatic N) is 1. The number of nitrogens with one attached hydrogen (secondary N) is 1. The van der Waals surface area contributed by atoms with Crippen LogP contribution >= 0.6 is 11.6 Å². The van der Waals surface area contributed by atoms with Crippen molar-refractivity contribution in [1.29, 1.82) is 5.26 Å². The van der Waals surface area contributed by atoms with Gasteiger partial charge in [-0.2, -0.15) is 5.26 Å². The maximum absolute atomic E-state index is 12.6. The Labute approximate surface area is 194 Å². The minimum Gasteiger partial charge on any atom is -0.487 e. The van der Waals surface area contributed by atoms with Crippen LogP contribution < -0.4 is 10.1 Å². The number of halogens is 1. The molecule has 0 aliphatic heterocycles. The van der Waals surface area contributed by atoms with Crippen LogP contribution in [0.5, 0.6) is 5.75 Å². The van der Waals surface area contributed by atoms with Gasteiger partial charge in [-0.15, -0.1) is 0 Å². The molecule has 0 aliphatic carbocycles. The minimum absolute atomic E-state index is 0.00845. The fourth-order valence-electron chi connectivity index (χ4n) is 3.41. The molecule has 0 fully saturated rings. The molecule has 1 N–H and O–H groups in total. The van der Waals surface area contributed by atoms with E-state index < -0.39 is 5.91 Å². The SMILES string of the molecule is Cc1cc(C)cc(COc2ccc(/C=C(\C#N)C(=O)Nc3cc(C)ccc3C)cc2Cl)c1. The van der Waals surface area contributed by atoms with Gasteiger partial charge in [0.25, 0.3) is 5.91 Å². The van der Waals surface area contributed by atoms with Crippen LogP contribution in [0.4, 0.5) is 5.69 Å². The molecule has 162 valence electrons.